The van der Waals surface area contributed by atoms with E-state index >= 15 is 0 Å². The molecule has 1 amide bonds. The van der Waals surface area contributed by atoms with Gasteiger partial charge in [-0.05, 0) is 24.6 Å². The Hall–Kier alpha value is -1.11. The molecule has 0 saturated carbocycles. The highest BCUT2D eigenvalue weighted by molar-refractivity contribution is 7.89. The number of nitrogens with one attached hydrogen (secondary N) is 1. The Balaban J connectivity index is 3.16. The molecular formula is C14H21ClN2O3S. The molecule has 1 rings (SSSR count). The summed E-state index contributed by atoms with van der Waals surface area (Å²) in [6.07, 6.45) is 0.188. The summed E-state index contributed by atoms with van der Waals surface area (Å²) in [4.78, 5) is 11.8. The standard InChI is InChI=1S/C14H21ClN2O3S/c1-4-17(5-2)21(19,20)13-10-12(7-6-11(13)3)16-14(18)8-9-15/h6-7,10H,4-5,8-9H2,1-3H3,(H,16,18). The van der Waals surface area contributed by atoms with Crippen LogP contribution in [0.3, 0.4) is 0 Å². The first kappa shape index (κ1) is 17.9. The highest BCUT2D eigenvalue weighted by atomic mass is 35.5. The van der Waals surface area contributed by atoms with Crippen molar-refractivity contribution >= 4 is 33.2 Å². The lowest BCUT2D eigenvalue weighted by Crippen LogP contribution is -2.31. The molecule has 0 heterocycles. The van der Waals surface area contributed by atoms with E-state index in [4.69, 9.17) is 11.6 Å². The van der Waals surface area contributed by atoms with Crippen LogP contribution in [-0.4, -0.2) is 37.6 Å². The van der Waals surface area contributed by atoms with Crippen LogP contribution in [0.5, 0.6) is 0 Å². The zero-order valence-electron chi connectivity index (χ0n) is 12.5. The van der Waals surface area contributed by atoms with E-state index in [9.17, 15) is 13.2 Å². The van der Waals surface area contributed by atoms with Crippen molar-refractivity contribution in [2.45, 2.75) is 32.1 Å². The average Bonchev–Trinajstić information content (AvgIpc) is 2.42. The Morgan fingerprint density at radius 1 is 1.29 bits per heavy atom. The van der Waals surface area contributed by atoms with Gasteiger partial charge >= 0.3 is 0 Å². The van der Waals surface area contributed by atoms with E-state index in [-0.39, 0.29) is 23.1 Å². The lowest BCUT2D eigenvalue weighted by atomic mass is 10.2. The lowest BCUT2D eigenvalue weighted by Gasteiger charge is -2.20. The van der Waals surface area contributed by atoms with Gasteiger partial charge < -0.3 is 5.32 Å². The predicted molar refractivity (Wildman–Crippen MR) is 85.3 cm³/mol. The largest absolute Gasteiger partial charge is 0.326 e. The predicted octanol–water partition coefficient (Wildman–Crippen LogP) is 2.59. The molecule has 21 heavy (non-hydrogen) atoms. The van der Waals surface area contributed by atoms with Gasteiger partial charge in [0.2, 0.25) is 15.9 Å². The summed E-state index contributed by atoms with van der Waals surface area (Å²) in [6, 6.07) is 4.87. The minimum absolute atomic E-state index is 0.188. The number of carbonyl (C=O) groups excluding carboxylic acids is 1. The maximum Gasteiger partial charge on any atom is 0.243 e. The number of benzene rings is 1. The van der Waals surface area contributed by atoms with Gasteiger partial charge in [0.05, 0.1) is 4.90 Å². The summed E-state index contributed by atoms with van der Waals surface area (Å²) in [6.45, 7) is 6.13. The minimum atomic E-state index is -3.55. The van der Waals surface area contributed by atoms with Crippen LogP contribution < -0.4 is 5.32 Å². The normalized spacial score (nSPS) is 11.7. The van der Waals surface area contributed by atoms with Crippen molar-refractivity contribution in [1.82, 2.24) is 4.31 Å². The summed E-state index contributed by atoms with van der Waals surface area (Å²) in [5, 5.41) is 2.65. The first-order chi connectivity index (χ1) is 9.86. The molecule has 118 valence electrons. The molecule has 7 heteroatoms. The first-order valence-corrected chi connectivity index (χ1v) is 8.80. The number of carbonyl (C=O) groups is 1. The lowest BCUT2D eigenvalue weighted by molar-refractivity contribution is -0.115. The van der Waals surface area contributed by atoms with Crippen molar-refractivity contribution in [3.05, 3.63) is 23.8 Å². The van der Waals surface area contributed by atoms with Gasteiger partial charge in [-0.25, -0.2) is 8.42 Å². The maximum atomic E-state index is 12.6. The Bertz CT molecular complexity index is 598. The molecule has 0 unspecified atom stereocenters. The Kier molecular flexibility index (Phi) is 6.64. The molecule has 1 N–H and O–H groups in total. The van der Waals surface area contributed by atoms with Gasteiger partial charge in [-0.3, -0.25) is 4.79 Å². The van der Waals surface area contributed by atoms with Crippen LogP contribution in [0.15, 0.2) is 23.1 Å². The van der Waals surface area contributed by atoms with Crippen LogP contribution in [0, 0.1) is 6.92 Å². The van der Waals surface area contributed by atoms with E-state index in [0.717, 1.165) is 0 Å². The summed E-state index contributed by atoms with van der Waals surface area (Å²) in [5.41, 5.74) is 1.11. The molecule has 0 aliphatic heterocycles. The van der Waals surface area contributed by atoms with Gasteiger partial charge in [0.15, 0.2) is 0 Å². The number of amides is 1. The number of rotatable bonds is 7. The van der Waals surface area contributed by atoms with E-state index in [0.29, 0.717) is 24.3 Å². The third-order valence-corrected chi connectivity index (χ3v) is 5.50. The molecular weight excluding hydrogens is 312 g/mol. The molecule has 1 aromatic rings. The maximum absolute atomic E-state index is 12.6. The zero-order chi connectivity index (χ0) is 16.0. The molecule has 0 fully saturated rings. The van der Waals surface area contributed by atoms with E-state index in [2.05, 4.69) is 5.32 Å². The molecule has 0 aliphatic rings. The number of alkyl halides is 1. The molecule has 5 nitrogen and oxygen atoms in total. The third kappa shape index (κ3) is 4.43. The molecule has 0 aromatic heterocycles. The monoisotopic (exact) mass is 332 g/mol. The second-order valence-electron chi connectivity index (χ2n) is 4.56. The van der Waals surface area contributed by atoms with Crippen molar-refractivity contribution in [1.29, 1.82) is 0 Å². The summed E-state index contributed by atoms with van der Waals surface area (Å²) >= 11 is 5.51. The van der Waals surface area contributed by atoms with Crippen LogP contribution in [0.4, 0.5) is 5.69 Å². The fraction of sp³-hybridized carbons (Fsp3) is 0.500. The van der Waals surface area contributed by atoms with Gasteiger partial charge in [-0.1, -0.05) is 19.9 Å². The third-order valence-electron chi connectivity index (χ3n) is 3.12. The van der Waals surface area contributed by atoms with Gasteiger partial charge in [0.1, 0.15) is 0 Å². The Labute approximate surface area is 131 Å². The van der Waals surface area contributed by atoms with Gasteiger partial charge in [-0.2, -0.15) is 4.31 Å². The second-order valence-corrected chi connectivity index (χ2v) is 6.84. The number of sulfonamides is 1. The van der Waals surface area contributed by atoms with Crippen molar-refractivity contribution in [2.75, 3.05) is 24.3 Å². The Morgan fingerprint density at radius 2 is 1.90 bits per heavy atom. The van der Waals surface area contributed by atoms with Crippen LogP contribution in [0.2, 0.25) is 0 Å². The van der Waals surface area contributed by atoms with Crippen LogP contribution in [0.1, 0.15) is 25.8 Å². The van der Waals surface area contributed by atoms with E-state index in [1.807, 2.05) is 0 Å². The van der Waals surface area contributed by atoms with Crippen LogP contribution in [0.25, 0.3) is 0 Å². The SMILES string of the molecule is CCN(CC)S(=O)(=O)c1cc(NC(=O)CCCl)ccc1C. The van der Waals surface area contributed by atoms with Gasteiger partial charge in [0, 0.05) is 31.1 Å². The van der Waals surface area contributed by atoms with Crippen molar-refractivity contribution in [3.63, 3.8) is 0 Å². The quantitative estimate of drug-likeness (QED) is 0.780. The molecule has 0 radical (unpaired) electrons. The van der Waals surface area contributed by atoms with E-state index < -0.39 is 10.0 Å². The average molecular weight is 333 g/mol. The summed E-state index contributed by atoms with van der Waals surface area (Å²) in [5.74, 6) is -0.0116. The van der Waals surface area contributed by atoms with Gasteiger partial charge in [0.25, 0.3) is 0 Å². The highest BCUT2D eigenvalue weighted by Crippen LogP contribution is 2.23. The van der Waals surface area contributed by atoms with Gasteiger partial charge in [-0.15, -0.1) is 11.6 Å². The van der Waals surface area contributed by atoms with Crippen LogP contribution >= 0.6 is 11.6 Å². The first-order valence-electron chi connectivity index (χ1n) is 6.83. The van der Waals surface area contributed by atoms with Crippen molar-refractivity contribution < 1.29 is 13.2 Å². The molecule has 0 bridgehead atoms. The fourth-order valence-corrected chi connectivity index (χ4v) is 3.85. The molecule has 0 spiro atoms. The van der Waals surface area contributed by atoms with Crippen molar-refractivity contribution in [3.8, 4) is 0 Å². The second kappa shape index (κ2) is 7.77. The van der Waals surface area contributed by atoms with Crippen molar-refractivity contribution in [2.24, 2.45) is 0 Å². The van der Waals surface area contributed by atoms with E-state index in [1.54, 1.807) is 32.9 Å². The number of hydrogen-bond donors (Lipinski definition) is 1. The number of halogens is 1. The number of nitrogens with zero attached hydrogens (tertiary/aromatic N) is 1. The smallest absolute Gasteiger partial charge is 0.243 e. The van der Waals surface area contributed by atoms with E-state index in [1.165, 1.54) is 10.4 Å². The minimum Gasteiger partial charge on any atom is -0.326 e. The topological polar surface area (TPSA) is 66.5 Å². The fourth-order valence-electron chi connectivity index (χ4n) is 1.97. The molecule has 0 saturated heterocycles. The highest BCUT2D eigenvalue weighted by Gasteiger charge is 2.23. The zero-order valence-corrected chi connectivity index (χ0v) is 14.1. The Morgan fingerprint density at radius 3 is 2.43 bits per heavy atom. The number of aryl methyl sites for hydroxylation is 1. The number of hydrogen-bond acceptors (Lipinski definition) is 3. The van der Waals surface area contributed by atoms with Crippen LogP contribution in [-0.2, 0) is 14.8 Å². The summed E-state index contributed by atoms with van der Waals surface area (Å²) in [7, 11) is -3.55. The molecule has 0 aliphatic carbocycles. The molecule has 1 aromatic carbocycles. The summed E-state index contributed by atoms with van der Waals surface area (Å²) < 4.78 is 26.5. The molecule has 0 atom stereocenters. The number of anilines is 1.